The smallest absolute Gasteiger partial charge is 0.260 e. The Labute approximate surface area is 125 Å². The average Bonchev–Trinajstić information content (AvgIpc) is 2.79. The van der Waals surface area contributed by atoms with E-state index in [1.165, 1.54) is 16.2 Å². The molecule has 0 spiro atoms. The summed E-state index contributed by atoms with van der Waals surface area (Å²) in [5.74, 6) is -1.56. The molecule has 3 rings (SSSR count). The molecule has 110 valence electrons. The number of rotatable bonds is 2. The molecule has 0 saturated heterocycles. The molecule has 1 heterocycles. The largest absolute Gasteiger partial charge is 0.298 e. The molecule has 0 aliphatic heterocycles. The lowest BCUT2D eigenvalue weighted by molar-refractivity contribution is 0.102. The average molecular weight is 308 g/mol. The highest BCUT2D eigenvalue weighted by Gasteiger charge is 2.21. The molecular formula is C15H14F2N2OS. The number of nitrogens with zero attached hydrogens (tertiary/aromatic N) is 1. The number of anilines is 1. The Morgan fingerprint density at radius 1 is 1.43 bits per heavy atom. The summed E-state index contributed by atoms with van der Waals surface area (Å²) in [5, 5.41) is 3.07. The van der Waals surface area contributed by atoms with Crippen molar-refractivity contribution in [2.75, 3.05) is 5.32 Å². The van der Waals surface area contributed by atoms with Gasteiger partial charge in [0.25, 0.3) is 5.91 Å². The van der Waals surface area contributed by atoms with Crippen molar-refractivity contribution in [2.45, 2.75) is 26.2 Å². The monoisotopic (exact) mass is 308 g/mol. The van der Waals surface area contributed by atoms with Crippen LogP contribution in [0.2, 0.25) is 0 Å². The molecular weight excluding hydrogens is 294 g/mol. The van der Waals surface area contributed by atoms with E-state index in [1.54, 1.807) is 0 Å². The molecule has 1 aliphatic rings. The second-order valence-electron chi connectivity index (χ2n) is 5.32. The van der Waals surface area contributed by atoms with Crippen molar-refractivity contribution in [2.24, 2.45) is 5.92 Å². The molecule has 0 saturated carbocycles. The number of fused-ring (bicyclic) bond motifs is 1. The van der Waals surface area contributed by atoms with E-state index in [0.29, 0.717) is 17.1 Å². The first-order valence-corrected chi connectivity index (χ1v) is 7.59. The predicted octanol–water partition coefficient (Wildman–Crippen LogP) is 3.80. The molecule has 1 atom stereocenters. The number of halogens is 2. The second-order valence-corrected chi connectivity index (χ2v) is 6.40. The van der Waals surface area contributed by atoms with E-state index in [2.05, 4.69) is 17.2 Å². The summed E-state index contributed by atoms with van der Waals surface area (Å²) in [6.07, 6.45) is 2.97. The van der Waals surface area contributed by atoms with Crippen LogP contribution in [0.25, 0.3) is 0 Å². The maximum absolute atomic E-state index is 13.6. The zero-order valence-corrected chi connectivity index (χ0v) is 12.3. The topological polar surface area (TPSA) is 42.0 Å². The van der Waals surface area contributed by atoms with Gasteiger partial charge in [-0.3, -0.25) is 10.1 Å². The van der Waals surface area contributed by atoms with Crippen LogP contribution in [0.15, 0.2) is 18.2 Å². The first-order valence-electron chi connectivity index (χ1n) is 6.78. The van der Waals surface area contributed by atoms with E-state index < -0.39 is 17.5 Å². The number of thiazole rings is 1. The minimum atomic E-state index is -0.873. The van der Waals surface area contributed by atoms with Gasteiger partial charge in [0.2, 0.25) is 0 Å². The summed E-state index contributed by atoms with van der Waals surface area (Å²) < 4.78 is 26.4. The first kappa shape index (κ1) is 14.1. The van der Waals surface area contributed by atoms with Crippen LogP contribution in [0.1, 0.15) is 34.3 Å². The Bertz CT molecular complexity index is 699. The summed E-state index contributed by atoms with van der Waals surface area (Å²) in [6.45, 7) is 2.19. The number of carbonyl (C=O) groups is 1. The van der Waals surface area contributed by atoms with Crippen molar-refractivity contribution in [1.29, 1.82) is 0 Å². The zero-order valence-electron chi connectivity index (χ0n) is 11.5. The minimum absolute atomic E-state index is 0.182. The Morgan fingerprint density at radius 3 is 3.00 bits per heavy atom. The highest BCUT2D eigenvalue weighted by atomic mass is 32.1. The molecule has 1 amide bonds. The Morgan fingerprint density at radius 2 is 2.24 bits per heavy atom. The summed E-state index contributed by atoms with van der Waals surface area (Å²) in [5.41, 5.74) is 0.839. The fourth-order valence-corrected chi connectivity index (χ4v) is 3.60. The molecule has 1 aromatic carbocycles. The number of carbonyl (C=O) groups excluding carboxylic acids is 1. The molecule has 1 aromatic heterocycles. The number of aryl methyl sites for hydroxylation is 1. The quantitative estimate of drug-likeness (QED) is 0.917. The van der Waals surface area contributed by atoms with Gasteiger partial charge in [0.1, 0.15) is 11.6 Å². The summed E-state index contributed by atoms with van der Waals surface area (Å²) in [7, 11) is 0. The lowest BCUT2D eigenvalue weighted by Crippen LogP contribution is -2.14. The van der Waals surface area contributed by atoms with Crippen molar-refractivity contribution in [1.82, 2.24) is 4.98 Å². The zero-order chi connectivity index (χ0) is 15.0. The third-order valence-corrected chi connectivity index (χ3v) is 4.62. The van der Waals surface area contributed by atoms with E-state index in [0.717, 1.165) is 37.1 Å². The predicted molar refractivity (Wildman–Crippen MR) is 77.6 cm³/mol. The van der Waals surface area contributed by atoms with Crippen LogP contribution in [-0.2, 0) is 12.8 Å². The fourth-order valence-electron chi connectivity index (χ4n) is 2.43. The van der Waals surface area contributed by atoms with Gasteiger partial charge in [-0.15, -0.1) is 11.3 Å². The van der Waals surface area contributed by atoms with Crippen LogP contribution in [0.5, 0.6) is 0 Å². The van der Waals surface area contributed by atoms with Crippen molar-refractivity contribution >= 4 is 22.4 Å². The van der Waals surface area contributed by atoms with E-state index in [9.17, 15) is 13.6 Å². The van der Waals surface area contributed by atoms with Crippen LogP contribution in [0.4, 0.5) is 13.9 Å². The molecule has 3 nitrogen and oxygen atoms in total. The molecule has 21 heavy (non-hydrogen) atoms. The van der Waals surface area contributed by atoms with Gasteiger partial charge >= 0.3 is 0 Å². The van der Waals surface area contributed by atoms with Gasteiger partial charge in [-0.1, -0.05) is 6.92 Å². The van der Waals surface area contributed by atoms with E-state index in [1.807, 2.05) is 0 Å². The van der Waals surface area contributed by atoms with E-state index in [-0.39, 0.29) is 5.56 Å². The first-order chi connectivity index (χ1) is 10.0. The number of benzene rings is 1. The Hall–Kier alpha value is -1.82. The van der Waals surface area contributed by atoms with Gasteiger partial charge < -0.3 is 0 Å². The third-order valence-electron chi connectivity index (χ3n) is 3.58. The highest BCUT2D eigenvalue weighted by molar-refractivity contribution is 7.15. The summed E-state index contributed by atoms with van der Waals surface area (Å²) in [4.78, 5) is 17.6. The minimum Gasteiger partial charge on any atom is -0.298 e. The van der Waals surface area contributed by atoms with E-state index >= 15 is 0 Å². The third kappa shape index (κ3) is 2.95. The highest BCUT2D eigenvalue weighted by Crippen LogP contribution is 2.32. The Kier molecular flexibility index (Phi) is 3.71. The standard InChI is InChI=1S/C15H14F2N2OS/c1-8-2-5-12-13(6-8)21-15(18-12)19-14(20)10-4-3-9(16)7-11(10)17/h3-4,7-8H,2,5-6H2,1H3,(H,18,19,20). The number of amides is 1. The van der Waals surface area contributed by atoms with Gasteiger partial charge in [0.05, 0.1) is 11.3 Å². The molecule has 0 fully saturated rings. The normalized spacial score (nSPS) is 17.4. The van der Waals surface area contributed by atoms with Crippen LogP contribution < -0.4 is 5.32 Å². The van der Waals surface area contributed by atoms with Crippen LogP contribution >= 0.6 is 11.3 Å². The summed E-state index contributed by atoms with van der Waals surface area (Å²) in [6, 6.07) is 2.89. The van der Waals surface area contributed by atoms with Gasteiger partial charge in [-0.25, -0.2) is 13.8 Å². The van der Waals surface area contributed by atoms with Crippen molar-refractivity contribution in [3.8, 4) is 0 Å². The maximum Gasteiger partial charge on any atom is 0.260 e. The number of hydrogen-bond donors (Lipinski definition) is 1. The van der Waals surface area contributed by atoms with Crippen LogP contribution in [0.3, 0.4) is 0 Å². The fraction of sp³-hybridized carbons (Fsp3) is 0.333. The lowest BCUT2D eigenvalue weighted by atomic mass is 9.93. The van der Waals surface area contributed by atoms with Crippen LogP contribution in [-0.4, -0.2) is 10.9 Å². The number of aromatic nitrogens is 1. The van der Waals surface area contributed by atoms with E-state index in [4.69, 9.17) is 0 Å². The molecule has 1 unspecified atom stereocenters. The summed E-state index contributed by atoms with van der Waals surface area (Å²) >= 11 is 1.43. The number of hydrogen-bond acceptors (Lipinski definition) is 3. The van der Waals surface area contributed by atoms with Gasteiger partial charge in [0, 0.05) is 10.9 Å². The maximum atomic E-state index is 13.6. The van der Waals surface area contributed by atoms with Gasteiger partial charge in [0.15, 0.2) is 5.13 Å². The SMILES string of the molecule is CC1CCc2nc(NC(=O)c3ccc(F)cc3F)sc2C1. The van der Waals surface area contributed by atoms with Gasteiger partial charge in [-0.2, -0.15) is 0 Å². The number of nitrogens with one attached hydrogen (secondary N) is 1. The van der Waals surface area contributed by atoms with Gasteiger partial charge in [-0.05, 0) is 37.3 Å². The van der Waals surface area contributed by atoms with Crippen molar-refractivity contribution in [3.63, 3.8) is 0 Å². The molecule has 2 aromatic rings. The van der Waals surface area contributed by atoms with Crippen molar-refractivity contribution < 1.29 is 13.6 Å². The molecule has 1 aliphatic carbocycles. The second kappa shape index (κ2) is 5.52. The molecule has 0 bridgehead atoms. The molecule has 1 N–H and O–H groups in total. The van der Waals surface area contributed by atoms with Crippen LogP contribution in [0, 0.1) is 17.6 Å². The lowest BCUT2D eigenvalue weighted by Gasteiger charge is -2.15. The van der Waals surface area contributed by atoms with Crippen molar-refractivity contribution in [3.05, 3.63) is 46.0 Å². The Balaban J connectivity index is 1.79. The molecule has 0 radical (unpaired) electrons. The molecule has 6 heteroatoms.